The van der Waals surface area contributed by atoms with Crippen LogP contribution in [-0.4, -0.2) is 12.1 Å². The summed E-state index contributed by atoms with van der Waals surface area (Å²) in [5.74, 6) is 6.31. The Labute approximate surface area is 293 Å². The second-order valence-electron chi connectivity index (χ2n) is 18.1. The van der Waals surface area contributed by atoms with Gasteiger partial charge in [0.15, 0.2) is 0 Å². The van der Waals surface area contributed by atoms with Gasteiger partial charge in [-0.2, -0.15) is 0 Å². The Kier molecular flexibility index (Phi) is 16.0. The maximum atomic E-state index is 12.8. The summed E-state index contributed by atoms with van der Waals surface area (Å²) in [6, 6.07) is 0. The lowest BCUT2D eigenvalue weighted by atomic mass is 9.44. The molecule has 2 heteroatoms. The van der Waals surface area contributed by atoms with Crippen LogP contribution in [0.1, 0.15) is 196 Å². The van der Waals surface area contributed by atoms with Crippen molar-refractivity contribution in [2.24, 2.45) is 52.3 Å². The van der Waals surface area contributed by atoms with Gasteiger partial charge in [-0.05, 0) is 149 Å². The minimum absolute atomic E-state index is 0.0749. The van der Waals surface area contributed by atoms with Crippen LogP contribution in [0.3, 0.4) is 0 Å². The molecule has 270 valence electrons. The zero-order valence-corrected chi connectivity index (χ0v) is 32.2. The van der Waals surface area contributed by atoms with Crippen molar-refractivity contribution in [1.82, 2.24) is 0 Å². The second-order valence-corrected chi connectivity index (χ2v) is 18.1. The highest BCUT2D eigenvalue weighted by Gasteiger charge is 2.60. The molecule has 0 aromatic carbocycles. The third kappa shape index (κ3) is 10.7. The number of carbonyl (C=O) groups excluding carboxylic acids is 1. The standard InChI is InChI=1S/C45H78O2/c1-7-8-9-10-11-12-13-14-15-16-17-18-19-20-21-25-43(46)47-38-30-32-44(5)37(34-38)26-27-39-41-29-28-40(36(4)24-22-23-35(2)3)45(41,6)33-31-42(39)44/h11-12,14-15,35-42H,7-10,13,16-34H2,1-6H3/b12-11-,15-14-/t36-,37+,38+,39+,40-,41+,42+,44+,45-/m1/s1. The lowest BCUT2D eigenvalue weighted by Gasteiger charge is -2.61. The van der Waals surface area contributed by atoms with Crippen LogP contribution in [0.15, 0.2) is 24.3 Å². The monoisotopic (exact) mass is 651 g/mol. The van der Waals surface area contributed by atoms with Gasteiger partial charge in [-0.15, -0.1) is 0 Å². The summed E-state index contributed by atoms with van der Waals surface area (Å²) in [7, 11) is 0. The van der Waals surface area contributed by atoms with Crippen LogP contribution >= 0.6 is 0 Å². The first-order valence-electron chi connectivity index (χ1n) is 21.2. The van der Waals surface area contributed by atoms with E-state index in [2.05, 4.69) is 65.8 Å². The van der Waals surface area contributed by atoms with E-state index in [9.17, 15) is 4.79 Å². The quantitative estimate of drug-likeness (QED) is 0.0744. The van der Waals surface area contributed by atoms with Crippen LogP contribution in [0.4, 0.5) is 0 Å². The molecule has 0 N–H and O–H groups in total. The van der Waals surface area contributed by atoms with E-state index < -0.39 is 0 Å². The van der Waals surface area contributed by atoms with E-state index in [1.165, 1.54) is 116 Å². The molecule has 47 heavy (non-hydrogen) atoms. The van der Waals surface area contributed by atoms with E-state index >= 15 is 0 Å². The van der Waals surface area contributed by atoms with E-state index in [-0.39, 0.29) is 12.1 Å². The fraction of sp³-hybridized carbons (Fsp3) is 0.889. The SMILES string of the molecule is CCCCC/C=C\C/C=C\CCCCCCCC(=O)O[C@H]1CC[C@@]2(C)[C@@H](CC[C@@H]3[C@@H]2CC[C@]2(C)[C@@H]([C@H](C)CCCC(C)C)CC[C@@H]32)C1. The minimum Gasteiger partial charge on any atom is -0.462 e. The van der Waals surface area contributed by atoms with Crippen LogP contribution in [0, 0.1) is 52.3 Å². The molecule has 0 aliphatic heterocycles. The Hall–Kier alpha value is -1.05. The second kappa shape index (κ2) is 19.4. The first-order valence-corrected chi connectivity index (χ1v) is 21.2. The lowest BCUT2D eigenvalue weighted by Crippen LogP contribution is -2.54. The van der Waals surface area contributed by atoms with Crippen molar-refractivity contribution < 1.29 is 9.53 Å². The topological polar surface area (TPSA) is 26.3 Å². The number of unbranched alkanes of at least 4 members (excludes halogenated alkanes) is 8. The fourth-order valence-electron chi connectivity index (χ4n) is 11.7. The molecule has 0 saturated heterocycles. The summed E-state index contributed by atoms with van der Waals surface area (Å²) in [6.07, 6.45) is 40.0. The third-order valence-electron chi connectivity index (χ3n) is 14.4. The smallest absolute Gasteiger partial charge is 0.306 e. The number of fused-ring (bicyclic) bond motifs is 5. The van der Waals surface area contributed by atoms with E-state index in [0.717, 1.165) is 73.5 Å². The number of esters is 1. The molecule has 4 fully saturated rings. The molecule has 2 nitrogen and oxygen atoms in total. The van der Waals surface area contributed by atoms with Crippen molar-refractivity contribution >= 4 is 5.97 Å². The van der Waals surface area contributed by atoms with E-state index in [1.807, 2.05) is 0 Å². The molecule has 4 rings (SSSR count). The average Bonchev–Trinajstić information content (AvgIpc) is 3.40. The Morgan fingerprint density at radius 1 is 0.723 bits per heavy atom. The molecular weight excluding hydrogens is 572 g/mol. The van der Waals surface area contributed by atoms with Gasteiger partial charge in [0, 0.05) is 6.42 Å². The van der Waals surface area contributed by atoms with E-state index in [0.29, 0.717) is 17.3 Å². The highest BCUT2D eigenvalue weighted by molar-refractivity contribution is 5.69. The normalized spacial score (nSPS) is 34.4. The number of allylic oxidation sites excluding steroid dienone is 4. The molecule has 4 saturated carbocycles. The largest absolute Gasteiger partial charge is 0.462 e. The fourth-order valence-corrected chi connectivity index (χ4v) is 11.7. The van der Waals surface area contributed by atoms with Gasteiger partial charge in [-0.1, -0.05) is 117 Å². The summed E-state index contributed by atoms with van der Waals surface area (Å²) < 4.78 is 6.16. The number of hydrogen-bond donors (Lipinski definition) is 0. The average molecular weight is 651 g/mol. The maximum absolute atomic E-state index is 12.8. The summed E-state index contributed by atoms with van der Waals surface area (Å²) in [6.45, 7) is 15.0. The summed E-state index contributed by atoms with van der Waals surface area (Å²) in [5, 5.41) is 0. The lowest BCUT2D eigenvalue weighted by molar-refractivity contribution is -0.162. The Balaban J connectivity index is 1.11. The molecule has 4 aliphatic rings. The third-order valence-corrected chi connectivity index (χ3v) is 14.4. The van der Waals surface area contributed by atoms with Crippen LogP contribution < -0.4 is 0 Å². The first kappa shape index (κ1) is 38.7. The molecule has 0 radical (unpaired) electrons. The van der Waals surface area contributed by atoms with Crippen LogP contribution in [0.25, 0.3) is 0 Å². The van der Waals surface area contributed by atoms with Gasteiger partial charge in [-0.3, -0.25) is 4.79 Å². The predicted molar refractivity (Wildman–Crippen MR) is 202 cm³/mol. The van der Waals surface area contributed by atoms with Crippen LogP contribution in [0.2, 0.25) is 0 Å². The molecule has 0 unspecified atom stereocenters. The Bertz CT molecular complexity index is 963. The Morgan fingerprint density at radius 3 is 2.15 bits per heavy atom. The molecule has 4 aliphatic carbocycles. The van der Waals surface area contributed by atoms with E-state index in [1.54, 1.807) is 0 Å². The van der Waals surface area contributed by atoms with Crippen molar-refractivity contribution in [2.45, 2.75) is 202 Å². The first-order chi connectivity index (χ1) is 22.7. The highest BCUT2D eigenvalue weighted by atomic mass is 16.5. The van der Waals surface area contributed by atoms with Crippen LogP contribution in [0.5, 0.6) is 0 Å². The number of ether oxygens (including phenoxy) is 1. The summed E-state index contributed by atoms with van der Waals surface area (Å²) in [4.78, 5) is 12.8. The predicted octanol–water partition coefficient (Wildman–Crippen LogP) is 13.8. The molecule has 0 heterocycles. The number of hydrogen-bond acceptors (Lipinski definition) is 2. The molecular formula is C45H78O2. The molecule has 0 amide bonds. The van der Waals surface area contributed by atoms with Gasteiger partial charge in [0.1, 0.15) is 6.10 Å². The van der Waals surface area contributed by atoms with Crippen molar-refractivity contribution in [3.8, 4) is 0 Å². The molecule has 0 bridgehead atoms. The molecule has 0 aromatic rings. The minimum atomic E-state index is 0.0749. The Morgan fingerprint density at radius 2 is 1.40 bits per heavy atom. The zero-order chi connectivity index (χ0) is 33.7. The van der Waals surface area contributed by atoms with Gasteiger partial charge in [0.2, 0.25) is 0 Å². The van der Waals surface area contributed by atoms with Gasteiger partial charge < -0.3 is 4.74 Å². The van der Waals surface area contributed by atoms with Gasteiger partial charge >= 0.3 is 5.97 Å². The van der Waals surface area contributed by atoms with Crippen molar-refractivity contribution in [1.29, 1.82) is 0 Å². The summed E-state index contributed by atoms with van der Waals surface area (Å²) in [5.41, 5.74) is 1.05. The molecule has 0 aromatic heterocycles. The van der Waals surface area contributed by atoms with Crippen LogP contribution in [-0.2, 0) is 9.53 Å². The van der Waals surface area contributed by atoms with Gasteiger partial charge in [-0.25, -0.2) is 0 Å². The molecule has 9 atom stereocenters. The zero-order valence-electron chi connectivity index (χ0n) is 32.2. The van der Waals surface area contributed by atoms with Crippen molar-refractivity contribution in [2.75, 3.05) is 0 Å². The van der Waals surface area contributed by atoms with Gasteiger partial charge in [0.05, 0.1) is 0 Å². The summed E-state index contributed by atoms with van der Waals surface area (Å²) >= 11 is 0. The maximum Gasteiger partial charge on any atom is 0.306 e. The number of carbonyl (C=O) groups is 1. The highest BCUT2D eigenvalue weighted by Crippen LogP contribution is 2.68. The van der Waals surface area contributed by atoms with Crippen molar-refractivity contribution in [3.05, 3.63) is 24.3 Å². The van der Waals surface area contributed by atoms with E-state index in [4.69, 9.17) is 4.74 Å². The van der Waals surface area contributed by atoms with Gasteiger partial charge in [0.25, 0.3) is 0 Å². The molecule has 0 spiro atoms. The van der Waals surface area contributed by atoms with Crippen molar-refractivity contribution in [3.63, 3.8) is 0 Å². The number of rotatable bonds is 20.